The van der Waals surface area contributed by atoms with Gasteiger partial charge in [-0.2, -0.15) is 0 Å². The van der Waals surface area contributed by atoms with E-state index in [2.05, 4.69) is 203 Å². The summed E-state index contributed by atoms with van der Waals surface area (Å²) in [5.41, 5.74) is 17.6. The normalized spacial score (nSPS) is 11.5. The number of aromatic nitrogens is 10. The van der Waals surface area contributed by atoms with Crippen LogP contribution < -0.4 is 0 Å². The van der Waals surface area contributed by atoms with Crippen molar-refractivity contribution >= 4 is 43.6 Å². The molecule has 0 aliphatic rings. The van der Waals surface area contributed by atoms with Crippen LogP contribution in [0.25, 0.3) is 168 Å². The average Bonchev–Trinajstić information content (AvgIpc) is 1.48. The van der Waals surface area contributed by atoms with Crippen LogP contribution >= 0.6 is 0 Å². The van der Waals surface area contributed by atoms with Crippen LogP contribution in [-0.4, -0.2) is 49.0 Å². The molecule has 11 aromatic carbocycles. The summed E-state index contributed by atoms with van der Waals surface area (Å²) in [5.74, 6) is 2.96. The summed E-state index contributed by atoms with van der Waals surface area (Å²) in [5, 5.41) is 4.22. The standard InChI is InChI=1S/C82H52N10/c1-7-25-53(26-8-1)66-39-23-41-68(83-66)59-45-47-63-61-37-19-21-43-70(61)91(73(63)51-59)72-50-49-65(81-87-77(55-29-11-3-12-30-55)85-78(88-81)56-31-13-4-14-32-56)76(75(72)82-89-79(57-33-15-5-16-34-57)86-80(90-82)58-35-17-6-18-36-58)92-71-44-22-20-38-62(71)64-48-46-60(52-74(64)92)69-42-24-40-67(84-69)54-27-9-2-10-28-54/h1-52H. The maximum Gasteiger partial charge on any atom is 0.168 e. The molecule has 6 heterocycles. The summed E-state index contributed by atoms with van der Waals surface area (Å²) in [7, 11) is 0. The van der Waals surface area contributed by atoms with Gasteiger partial charge in [0.1, 0.15) is 0 Å². The summed E-state index contributed by atoms with van der Waals surface area (Å²) < 4.78 is 4.76. The van der Waals surface area contributed by atoms with Crippen LogP contribution in [0.4, 0.5) is 0 Å². The molecular formula is C82H52N10. The zero-order valence-corrected chi connectivity index (χ0v) is 49.5. The van der Waals surface area contributed by atoms with Gasteiger partial charge in [-0.25, -0.2) is 39.9 Å². The van der Waals surface area contributed by atoms with E-state index >= 15 is 0 Å². The van der Waals surface area contributed by atoms with Crippen LogP contribution in [0.1, 0.15) is 0 Å². The Morgan fingerprint density at radius 1 is 0.196 bits per heavy atom. The predicted molar refractivity (Wildman–Crippen MR) is 372 cm³/mol. The smallest absolute Gasteiger partial charge is 0.168 e. The van der Waals surface area contributed by atoms with E-state index in [1.54, 1.807) is 0 Å². The molecule has 0 atom stereocenters. The van der Waals surface area contributed by atoms with E-state index in [9.17, 15) is 0 Å². The van der Waals surface area contributed by atoms with Crippen LogP contribution in [0.3, 0.4) is 0 Å². The monoisotopic (exact) mass is 1180 g/mol. The highest BCUT2D eigenvalue weighted by atomic mass is 15.1. The van der Waals surface area contributed by atoms with Crippen LogP contribution in [0.15, 0.2) is 315 Å². The molecule has 0 saturated heterocycles. The summed E-state index contributed by atoms with van der Waals surface area (Å²) >= 11 is 0. The topological polar surface area (TPSA) is 113 Å². The van der Waals surface area contributed by atoms with Crippen LogP contribution in [-0.2, 0) is 0 Å². The minimum absolute atomic E-state index is 0.434. The highest BCUT2D eigenvalue weighted by molar-refractivity contribution is 6.13. The van der Waals surface area contributed by atoms with Gasteiger partial charge in [-0.05, 0) is 60.7 Å². The number of hydrogen-bond acceptors (Lipinski definition) is 8. The fourth-order valence-corrected chi connectivity index (χ4v) is 12.7. The van der Waals surface area contributed by atoms with Gasteiger partial charge >= 0.3 is 0 Å². The van der Waals surface area contributed by atoms with E-state index in [0.717, 1.165) is 122 Å². The van der Waals surface area contributed by atoms with Crippen molar-refractivity contribution in [2.75, 3.05) is 0 Å². The summed E-state index contributed by atoms with van der Waals surface area (Å²) in [6, 6.07) is 109. The first kappa shape index (κ1) is 53.6. The quantitative estimate of drug-likeness (QED) is 0.119. The minimum Gasteiger partial charge on any atom is -0.308 e. The number of rotatable bonds is 12. The first-order valence-electron chi connectivity index (χ1n) is 30.7. The fraction of sp³-hybridized carbons (Fsp3) is 0. The molecule has 0 fully saturated rings. The molecule has 6 aromatic heterocycles. The van der Waals surface area contributed by atoms with Gasteiger partial charge in [0, 0.05) is 71.6 Å². The van der Waals surface area contributed by atoms with Gasteiger partial charge in [-0.1, -0.05) is 255 Å². The lowest BCUT2D eigenvalue weighted by molar-refractivity contribution is 1.04. The number of hydrogen-bond donors (Lipinski definition) is 0. The Labute approximate surface area is 529 Å². The number of fused-ring (bicyclic) bond motifs is 6. The molecule has 0 aliphatic carbocycles. The Morgan fingerprint density at radius 2 is 0.522 bits per heavy atom. The summed E-state index contributed by atoms with van der Waals surface area (Å²) in [6.45, 7) is 0. The molecule has 0 bridgehead atoms. The maximum atomic E-state index is 5.71. The zero-order chi connectivity index (χ0) is 60.9. The molecule has 0 amide bonds. The van der Waals surface area contributed by atoms with E-state index in [-0.39, 0.29) is 0 Å². The summed E-state index contributed by atoms with van der Waals surface area (Å²) in [6.07, 6.45) is 0. The van der Waals surface area contributed by atoms with E-state index in [1.807, 2.05) is 121 Å². The van der Waals surface area contributed by atoms with Crippen molar-refractivity contribution in [2.24, 2.45) is 0 Å². The van der Waals surface area contributed by atoms with Crippen LogP contribution in [0.5, 0.6) is 0 Å². The first-order chi connectivity index (χ1) is 45.6. The molecule has 0 N–H and O–H groups in total. The molecular weight excluding hydrogens is 1120 g/mol. The molecule has 0 unspecified atom stereocenters. The molecule has 0 radical (unpaired) electrons. The Bertz CT molecular complexity index is 5500. The van der Waals surface area contributed by atoms with E-state index < -0.39 is 0 Å². The highest BCUT2D eigenvalue weighted by Crippen LogP contribution is 2.47. The van der Waals surface area contributed by atoms with E-state index in [0.29, 0.717) is 46.1 Å². The highest BCUT2D eigenvalue weighted by Gasteiger charge is 2.30. The van der Waals surface area contributed by atoms with E-state index in [1.165, 1.54) is 0 Å². The van der Waals surface area contributed by atoms with Gasteiger partial charge in [0.25, 0.3) is 0 Å². The number of pyridine rings is 2. The molecule has 0 saturated carbocycles. The first-order valence-corrected chi connectivity index (χ1v) is 30.7. The molecule has 17 rings (SSSR count). The minimum atomic E-state index is 0.434. The van der Waals surface area contributed by atoms with E-state index in [4.69, 9.17) is 39.9 Å². The zero-order valence-electron chi connectivity index (χ0n) is 49.5. The summed E-state index contributed by atoms with van der Waals surface area (Å²) in [4.78, 5) is 43.7. The second-order valence-corrected chi connectivity index (χ2v) is 22.6. The largest absolute Gasteiger partial charge is 0.308 e. The molecule has 0 spiro atoms. The lowest BCUT2D eigenvalue weighted by Gasteiger charge is -2.23. The van der Waals surface area contributed by atoms with Gasteiger partial charge in [0.15, 0.2) is 34.9 Å². The van der Waals surface area contributed by atoms with Crippen molar-refractivity contribution in [2.45, 2.75) is 0 Å². The van der Waals surface area contributed by atoms with Crippen molar-refractivity contribution in [1.82, 2.24) is 49.0 Å². The van der Waals surface area contributed by atoms with Gasteiger partial charge in [0.05, 0.1) is 61.8 Å². The SMILES string of the molecule is c1ccc(-c2cccc(-c3ccc4c5ccccc5n(-c5ccc(-c6nc(-c7ccccc7)nc(-c7ccccc7)n6)c(-n6c7ccccc7c7ccc(-c8cccc(-c9ccccc9)n8)cc76)c5-c5nc(-c6ccccc6)nc(-c6ccccc6)n5)c4c3)n2)cc1. The Kier molecular flexibility index (Phi) is 13.3. The number of para-hydroxylation sites is 2. The van der Waals surface area contributed by atoms with Crippen molar-refractivity contribution in [3.05, 3.63) is 315 Å². The van der Waals surface area contributed by atoms with Crippen LogP contribution in [0.2, 0.25) is 0 Å². The van der Waals surface area contributed by atoms with Gasteiger partial charge in [-0.15, -0.1) is 0 Å². The van der Waals surface area contributed by atoms with Gasteiger partial charge in [0.2, 0.25) is 0 Å². The number of nitrogens with zero attached hydrogens (tertiary/aromatic N) is 10. The lowest BCUT2D eigenvalue weighted by Crippen LogP contribution is -2.10. The second-order valence-electron chi connectivity index (χ2n) is 22.6. The van der Waals surface area contributed by atoms with Gasteiger partial charge in [-0.3, -0.25) is 0 Å². The molecule has 92 heavy (non-hydrogen) atoms. The molecule has 10 heteroatoms. The van der Waals surface area contributed by atoms with Crippen molar-refractivity contribution < 1.29 is 0 Å². The third kappa shape index (κ3) is 9.63. The second kappa shape index (κ2) is 22.8. The van der Waals surface area contributed by atoms with Crippen molar-refractivity contribution in [1.29, 1.82) is 0 Å². The molecule has 10 nitrogen and oxygen atoms in total. The molecule has 17 aromatic rings. The predicted octanol–water partition coefficient (Wildman–Crippen LogP) is 19.7. The van der Waals surface area contributed by atoms with Crippen molar-refractivity contribution in [3.8, 4) is 125 Å². The Hall–Kier alpha value is -12.7. The maximum absolute atomic E-state index is 5.71. The molecule has 430 valence electrons. The molecule has 0 aliphatic heterocycles. The van der Waals surface area contributed by atoms with Gasteiger partial charge < -0.3 is 9.13 Å². The Morgan fingerprint density at radius 3 is 0.946 bits per heavy atom. The Balaban J connectivity index is 1.04. The van der Waals surface area contributed by atoms with Crippen LogP contribution in [0, 0.1) is 0 Å². The fourth-order valence-electron chi connectivity index (χ4n) is 12.7. The lowest BCUT2D eigenvalue weighted by atomic mass is 10.0. The average molecular weight is 1180 g/mol. The number of benzene rings is 11. The third-order valence-corrected chi connectivity index (χ3v) is 17.1. The van der Waals surface area contributed by atoms with Crippen molar-refractivity contribution in [3.63, 3.8) is 0 Å². The third-order valence-electron chi connectivity index (χ3n) is 17.1.